The molecule has 0 bridgehead atoms. The number of hydrogen-bond acceptors (Lipinski definition) is 7. The number of anilines is 1. The molecule has 268 valence electrons. The van der Waals surface area contributed by atoms with Gasteiger partial charge >= 0.3 is 6.01 Å². The monoisotopic (exact) mass is 689 g/mol. The van der Waals surface area contributed by atoms with Crippen LogP contribution in [0.1, 0.15) is 78.4 Å². The van der Waals surface area contributed by atoms with Gasteiger partial charge in [0.15, 0.2) is 12.1 Å². The van der Waals surface area contributed by atoms with Crippen molar-refractivity contribution < 1.29 is 22.6 Å². The summed E-state index contributed by atoms with van der Waals surface area (Å²) in [7, 11) is 0. The minimum Gasteiger partial charge on any atom is -0.461 e. The smallest absolute Gasteiger partial charge is 0.319 e. The Labute approximate surface area is 295 Å². The van der Waals surface area contributed by atoms with E-state index in [2.05, 4.69) is 27.4 Å². The molecule has 10 heteroatoms. The molecule has 2 aromatic heterocycles. The maximum absolute atomic E-state index is 16.8. The predicted octanol–water partition coefficient (Wildman–Crippen LogP) is 8.86. The van der Waals surface area contributed by atoms with Gasteiger partial charge in [-0.05, 0) is 57.1 Å². The number of pyridine rings is 1. The molecular weight excluding hydrogens is 639 g/mol. The van der Waals surface area contributed by atoms with Crippen LogP contribution in [0, 0.1) is 36.4 Å². The number of rotatable bonds is 6. The Morgan fingerprint density at radius 1 is 1.16 bits per heavy atom. The summed E-state index contributed by atoms with van der Waals surface area (Å²) in [5.41, 5.74) is 2.41. The highest BCUT2D eigenvalue weighted by Gasteiger charge is 2.67. The zero-order valence-corrected chi connectivity index (χ0v) is 30.5. The zero-order chi connectivity index (χ0) is 36.4. The van der Waals surface area contributed by atoms with Gasteiger partial charge in [-0.25, -0.2) is 13.2 Å². The first-order valence-corrected chi connectivity index (χ1v) is 17.9. The lowest BCUT2D eigenvalue weighted by atomic mass is 9.80. The fourth-order valence-electron chi connectivity index (χ4n) is 7.94. The number of allylic oxidation sites excluding steroid dienone is 2. The number of aryl methyl sites for hydroxylation is 1. The van der Waals surface area contributed by atoms with Crippen LogP contribution in [0.25, 0.3) is 27.7 Å². The van der Waals surface area contributed by atoms with Gasteiger partial charge < -0.3 is 14.4 Å². The first-order valence-electron chi connectivity index (χ1n) is 17.9. The summed E-state index contributed by atoms with van der Waals surface area (Å²) in [6, 6.07) is 5.14. The molecule has 3 aromatic rings. The molecule has 3 saturated heterocycles. The molecule has 50 heavy (non-hydrogen) atoms. The molecular formula is C40H50F3N5O2. The molecule has 3 atom stereocenters. The molecule has 4 fully saturated rings. The van der Waals surface area contributed by atoms with Crippen molar-refractivity contribution in [3.63, 3.8) is 0 Å². The topological polar surface area (TPSA) is 63.6 Å². The second kappa shape index (κ2) is 15.1. The Kier molecular flexibility index (Phi) is 11.3. The summed E-state index contributed by atoms with van der Waals surface area (Å²) in [5.74, 6) is 0.836. The number of alkyl halides is 1. The molecule has 0 amide bonds. The average Bonchev–Trinajstić information content (AvgIpc) is 3.81. The maximum atomic E-state index is 16.8. The molecule has 1 unspecified atom stereocenters. The van der Waals surface area contributed by atoms with Crippen LogP contribution in [0.2, 0.25) is 0 Å². The third-order valence-electron chi connectivity index (χ3n) is 10.5. The van der Waals surface area contributed by atoms with Crippen LogP contribution in [0.4, 0.5) is 19.0 Å². The highest BCUT2D eigenvalue weighted by Crippen LogP contribution is 2.66. The van der Waals surface area contributed by atoms with E-state index >= 15 is 8.78 Å². The Morgan fingerprint density at radius 3 is 2.58 bits per heavy atom. The third-order valence-corrected chi connectivity index (χ3v) is 10.5. The van der Waals surface area contributed by atoms with Crippen molar-refractivity contribution in [2.45, 2.75) is 86.0 Å². The highest BCUT2D eigenvalue weighted by atomic mass is 19.1. The summed E-state index contributed by atoms with van der Waals surface area (Å²) < 4.78 is 59.4. The number of terminal acetylenes is 1. The SMILES string of the molecule is C#C/C(=C(/C)F)c1c(C)cccc1-c1ncc2c(N3CCOCC(C)[C@@H]3F)nc(OC[C@]34CC(=C)CN3CCC43CC3)nc2c1F.CC.CC. The maximum Gasteiger partial charge on any atom is 0.319 e. The van der Waals surface area contributed by atoms with Crippen LogP contribution in [0.15, 0.2) is 42.4 Å². The van der Waals surface area contributed by atoms with Crippen molar-refractivity contribution in [1.29, 1.82) is 0 Å². The van der Waals surface area contributed by atoms with E-state index in [1.165, 1.54) is 23.6 Å². The molecule has 1 spiro atoms. The Hall–Kier alpha value is -3.94. The van der Waals surface area contributed by atoms with Gasteiger partial charge in [-0.2, -0.15) is 9.97 Å². The molecule has 1 aromatic carbocycles. The second-order valence-electron chi connectivity index (χ2n) is 13.4. The van der Waals surface area contributed by atoms with Crippen molar-refractivity contribution >= 4 is 22.3 Å². The van der Waals surface area contributed by atoms with Crippen molar-refractivity contribution in [2.24, 2.45) is 11.3 Å². The Morgan fingerprint density at radius 2 is 1.90 bits per heavy atom. The minimum absolute atomic E-state index is 0.0214. The van der Waals surface area contributed by atoms with Gasteiger partial charge in [0.1, 0.15) is 29.5 Å². The number of halogens is 3. The van der Waals surface area contributed by atoms with Gasteiger partial charge in [0.25, 0.3) is 0 Å². The van der Waals surface area contributed by atoms with Crippen molar-refractivity contribution in [1.82, 2.24) is 19.9 Å². The van der Waals surface area contributed by atoms with Crippen molar-refractivity contribution in [3.8, 4) is 29.6 Å². The molecule has 0 radical (unpaired) electrons. The van der Waals surface area contributed by atoms with Crippen molar-refractivity contribution in [3.05, 3.63) is 59.3 Å². The lowest BCUT2D eigenvalue weighted by Crippen LogP contribution is -2.49. The molecule has 1 aliphatic carbocycles. The molecule has 0 N–H and O–H groups in total. The summed E-state index contributed by atoms with van der Waals surface area (Å²) >= 11 is 0. The quantitative estimate of drug-likeness (QED) is 0.146. The summed E-state index contributed by atoms with van der Waals surface area (Å²) in [5, 5.41) is 0.238. The first kappa shape index (κ1) is 37.3. The number of hydrogen-bond donors (Lipinski definition) is 0. The van der Waals surface area contributed by atoms with Gasteiger partial charge in [0.2, 0.25) is 0 Å². The summed E-state index contributed by atoms with van der Waals surface area (Å²) in [6.07, 6.45) is 9.92. The third kappa shape index (κ3) is 6.39. The van der Waals surface area contributed by atoms with Gasteiger partial charge in [-0.15, -0.1) is 6.42 Å². The van der Waals surface area contributed by atoms with Crippen LogP contribution in [-0.2, 0) is 4.74 Å². The summed E-state index contributed by atoms with van der Waals surface area (Å²) in [4.78, 5) is 17.7. The van der Waals surface area contributed by atoms with E-state index in [0.29, 0.717) is 23.3 Å². The van der Waals surface area contributed by atoms with E-state index in [-0.39, 0.29) is 64.7 Å². The van der Waals surface area contributed by atoms with Gasteiger partial charge in [0.05, 0.1) is 29.7 Å². The zero-order valence-electron chi connectivity index (χ0n) is 30.5. The number of fused-ring (bicyclic) bond motifs is 3. The first-order chi connectivity index (χ1) is 24.1. The Balaban J connectivity index is 0.00000117. The van der Waals surface area contributed by atoms with E-state index in [0.717, 1.165) is 38.8 Å². The molecule has 7 nitrogen and oxygen atoms in total. The predicted molar refractivity (Wildman–Crippen MR) is 195 cm³/mol. The molecule has 4 aliphatic rings. The van der Waals surface area contributed by atoms with Gasteiger partial charge in [-0.1, -0.05) is 70.9 Å². The lowest BCUT2D eigenvalue weighted by molar-refractivity contribution is 0.0648. The minimum atomic E-state index is -1.44. The molecule has 3 aliphatic heterocycles. The van der Waals surface area contributed by atoms with Crippen LogP contribution >= 0.6 is 0 Å². The van der Waals surface area contributed by atoms with E-state index in [1.807, 2.05) is 27.7 Å². The van der Waals surface area contributed by atoms with Crippen LogP contribution < -0.4 is 9.64 Å². The van der Waals surface area contributed by atoms with Crippen molar-refractivity contribution in [2.75, 3.05) is 44.4 Å². The van der Waals surface area contributed by atoms with Crippen LogP contribution in [0.5, 0.6) is 6.01 Å². The van der Waals surface area contributed by atoms with E-state index < -0.39 is 23.9 Å². The molecule has 1 saturated carbocycles. The summed E-state index contributed by atoms with van der Waals surface area (Å²) in [6.45, 7) is 20.0. The van der Waals surface area contributed by atoms with Gasteiger partial charge in [0, 0.05) is 36.3 Å². The largest absolute Gasteiger partial charge is 0.461 e. The fraction of sp³-hybridized carbons (Fsp3) is 0.525. The number of benzene rings is 1. The standard InChI is InChI=1S/C36H38F3N5O2.2C2H6/c1-6-25(24(5)37)28-22(3)8-7-9-26(28)30-29(38)31-27(17-40-30)33(44-14-15-45-19-23(4)32(44)39)42-34(41-31)46-20-36-16-21(2)18-43(36)13-12-35(36)10-11-35;2*1-2/h1,7-9,17,23,32H,2,10-16,18-20H2,3-5H3;2*1-2H3/b25-24+;;/t23?,32-,36+;;/m1../s1. The van der Waals surface area contributed by atoms with E-state index in [1.54, 1.807) is 32.0 Å². The molecule has 5 heterocycles. The lowest BCUT2D eigenvalue weighted by Gasteiger charge is -2.37. The fourth-order valence-corrected chi connectivity index (χ4v) is 7.94. The van der Waals surface area contributed by atoms with E-state index in [9.17, 15) is 4.39 Å². The Bertz CT molecular complexity index is 1810. The number of nitrogens with zero attached hydrogens (tertiary/aromatic N) is 5. The number of aromatic nitrogens is 3. The van der Waals surface area contributed by atoms with Crippen LogP contribution in [0.3, 0.4) is 0 Å². The van der Waals surface area contributed by atoms with Gasteiger partial charge in [-0.3, -0.25) is 9.88 Å². The second-order valence-corrected chi connectivity index (χ2v) is 13.4. The molecule has 7 rings (SSSR count). The normalized spacial score (nSPS) is 24.3. The number of ether oxygens (including phenoxy) is 2. The highest BCUT2D eigenvalue weighted by molar-refractivity contribution is 5.95. The van der Waals surface area contributed by atoms with E-state index in [4.69, 9.17) is 20.9 Å². The van der Waals surface area contributed by atoms with Crippen LogP contribution in [-0.4, -0.2) is 71.1 Å². The average molecular weight is 690 g/mol.